The van der Waals surface area contributed by atoms with Gasteiger partial charge in [-0.05, 0) is 6.07 Å². The lowest BCUT2D eigenvalue weighted by Crippen LogP contribution is -2.26. The van der Waals surface area contributed by atoms with E-state index in [9.17, 15) is 9.59 Å². The fraction of sp³-hybridized carbons (Fsp3) is 0.333. The van der Waals surface area contributed by atoms with Crippen molar-refractivity contribution in [2.75, 3.05) is 29.5 Å². The minimum absolute atomic E-state index is 0.000260. The molecule has 1 atom stereocenters. The Bertz CT molecular complexity index is 558. The molecule has 1 aromatic rings. The maximum atomic E-state index is 11.3. The molecule has 7 nitrogen and oxygen atoms in total. The van der Waals surface area contributed by atoms with E-state index in [-0.39, 0.29) is 24.5 Å². The molecule has 0 saturated carbocycles. The highest BCUT2D eigenvalue weighted by Crippen LogP contribution is 2.35. The molecule has 7 heteroatoms. The molecule has 0 spiro atoms. The molecule has 1 aromatic carbocycles. The number of ether oxygens (including phenoxy) is 1. The standard InChI is InChI=1S/C12H14N4O3/c13-7-2-10-9(16-12(18)5-19-10)3-8(7)15-6-1-11(17)14-4-6/h2-3,6,15H,1,4-5,13H2,(H,14,17)(H,16,18). The van der Waals surface area contributed by atoms with Gasteiger partial charge in [-0.1, -0.05) is 0 Å². The maximum Gasteiger partial charge on any atom is 0.262 e. The Hall–Kier alpha value is -2.44. The number of nitrogen functional groups attached to an aromatic ring is 1. The van der Waals surface area contributed by atoms with Gasteiger partial charge in [0.15, 0.2) is 6.61 Å². The fourth-order valence-corrected chi connectivity index (χ4v) is 2.19. The van der Waals surface area contributed by atoms with E-state index < -0.39 is 0 Å². The summed E-state index contributed by atoms with van der Waals surface area (Å²) in [7, 11) is 0. The summed E-state index contributed by atoms with van der Waals surface area (Å²) in [5, 5.41) is 8.65. The largest absolute Gasteiger partial charge is 0.482 e. The zero-order chi connectivity index (χ0) is 13.4. The van der Waals surface area contributed by atoms with E-state index >= 15 is 0 Å². The lowest BCUT2D eigenvalue weighted by atomic mass is 10.1. The zero-order valence-corrected chi connectivity index (χ0v) is 10.2. The number of benzene rings is 1. The number of carbonyl (C=O) groups excluding carboxylic acids is 2. The molecule has 2 heterocycles. The summed E-state index contributed by atoms with van der Waals surface area (Å²) in [5.74, 6) is 0.384. The van der Waals surface area contributed by atoms with Crippen LogP contribution in [0.15, 0.2) is 12.1 Å². The number of anilines is 3. The molecular weight excluding hydrogens is 248 g/mol. The number of amides is 2. The van der Waals surface area contributed by atoms with Gasteiger partial charge < -0.3 is 26.4 Å². The maximum absolute atomic E-state index is 11.3. The van der Waals surface area contributed by atoms with Crippen LogP contribution in [0.4, 0.5) is 17.1 Å². The second kappa shape index (κ2) is 4.34. The molecule has 2 amide bonds. The molecule has 0 aliphatic carbocycles. The molecule has 0 bridgehead atoms. The summed E-state index contributed by atoms with van der Waals surface area (Å²) in [6.07, 6.45) is 0.416. The number of nitrogens with one attached hydrogen (secondary N) is 3. The summed E-state index contributed by atoms with van der Waals surface area (Å²) in [6.45, 7) is 0.568. The normalized spacial score (nSPS) is 21.2. The highest BCUT2D eigenvalue weighted by Gasteiger charge is 2.23. The topological polar surface area (TPSA) is 105 Å². The molecule has 0 aromatic heterocycles. The monoisotopic (exact) mass is 262 g/mol. The van der Waals surface area contributed by atoms with Gasteiger partial charge in [0, 0.05) is 19.0 Å². The molecule has 2 aliphatic heterocycles. The second-order valence-corrected chi connectivity index (χ2v) is 4.62. The SMILES string of the molecule is Nc1cc2c(cc1NC1CNC(=O)C1)NC(=O)CO2. The van der Waals surface area contributed by atoms with E-state index in [2.05, 4.69) is 16.0 Å². The third kappa shape index (κ3) is 2.26. The van der Waals surface area contributed by atoms with E-state index in [0.717, 1.165) is 0 Å². The smallest absolute Gasteiger partial charge is 0.262 e. The second-order valence-electron chi connectivity index (χ2n) is 4.62. The first-order chi connectivity index (χ1) is 9.11. The summed E-state index contributed by atoms with van der Waals surface area (Å²) in [5.41, 5.74) is 7.73. The first kappa shape index (κ1) is 11.6. The van der Waals surface area contributed by atoms with Gasteiger partial charge in [-0.3, -0.25) is 9.59 Å². The lowest BCUT2D eigenvalue weighted by molar-refractivity contribution is -0.119. The summed E-state index contributed by atoms with van der Waals surface area (Å²) >= 11 is 0. The van der Waals surface area contributed by atoms with Crippen molar-refractivity contribution in [1.82, 2.24) is 5.32 Å². The van der Waals surface area contributed by atoms with Crippen LogP contribution in [-0.4, -0.2) is 31.0 Å². The van der Waals surface area contributed by atoms with Crippen molar-refractivity contribution in [1.29, 1.82) is 0 Å². The third-order valence-electron chi connectivity index (χ3n) is 3.12. The van der Waals surface area contributed by atoms with E-state index in [0.29, 0.717) is 35.8 Å². The van der Waals surface area contributed by atoms with E-state index in [1.165, 1.54) is 0 Å². The van der Waals surface area contributed by atoms with Gasteiger partial charge in [0.1, 0.15) is 5.75 Å². The quantitative estimate of drug-likeness (QED) is 0.557. The van der Waals surface area contributed by atoms with Crippen LogP contribution in [0.2, 0.25) is 0 Å². The number of fused-ring (bicyclic) bond motifs is 1. The van der Waals surface area contributed by atoms with Crippen LogP contribution in [0.25, 0.3) is 0 Å². The van der Waals surface area contributed by atoms with Crippen LogP contribution in [0.5, 0.6) is 5.75 Å². The highest BCUT2D eigenvalue weighted by atomic mass is 16.5. The van der Waals surface area contributed by atoms with E-state index in [4.69, 9.17) is 10.5 Å². The van der Waals surface area contributed by atoms with Gasteiger partial charge in [-0.15, -0.1) is 0 Å². The fourth-order valence-electron chi connectivity index (χ4n) is 2.19. The Kier molecular flexibility index (Phi) is 2.66. The van der Waals surface area contributed by atoms with Crippen LogP contribution in [-0.2, 0) is 9.59 Å². The lowest BCUT2D eigenvalue weighted by Gasteiger charge is -2.21. The summed E-state index contributed by atoms with van der Waals surface area (Å²) < 4.78 is 5.27. The highest BCUT2D eigenvalue weighted by molar-refractivity contribution is 5.97. The minimum Gasteiger partial charge on any atom is -0.482 e. The van der Waals surface area contributed by atoms with Crippen molar-refractivity contribution in [2.24, 2.45) is 0 Å². The van der Waals surface area contributed by atoms with Gasteiger partial charge in [0.2, 0.25) is 5.91 Å². The first-order valence-corrected chi connectivity index (χ1v) is 6.01. The summed E-state index contributed by atoms with van der Waals surface area (Å²) in [4.78, 5) is 22.4. The molecule has 1 unspecified atom stereocenters. The van der Waals surface area contributed by atoms with Crippen molar-refractivity contribution in [2.45, 2.75) is 12.5 Å². The summed E-state index contributed by atoms with van der Waals surface area (Å²) in [6, 6.07) is 3.40. The van der Waals surface area contributed by atoms with Crippen molar-refractivity contribution >= 4 is 28.9 Å². The first-order valence-electron chi connectivity index (χ1n) is 6.01. The van der Waals surface area contributed by atoms with Crippen LogP contribution < -0.4 is 26.4 Å². The molecule has 2 aliphatic rings. The number of nitrogens with two attached hydrogens (primary N) is 1. The average Bonchev–Trinajstić information content (AvgIpc) is 2.76. The van der Waals surface area contributed by atoms with Gasteiger partial charge >= 0.3 is 0 Å². The molecule has 1 fully saturated rings. The number of rotatable bonds is 2. The molecule has 100 valence electrons. The Morgan fingerprint density at radius 3 is 2.89 bits per heavy atom. The Morgan fingerprint density at radius 2 is 2.16 bits per heavy atom. The molecule has 19 heavy (non-hydrogen) atoms. The van der Waals surface area contributed by atoms with Crippen molar-refractivity contribution in [3.8, 4) is 5.75 Å². The number of hydrogen-bond acceptors (Lipinski definition) is 5. The van der Waals surface area contributed by atoms with E-state index in [1.54, 1.807) is 12.1 Å². The van der Waals surface area contributed by atoms with Gasteiger partial charge in [0.25, 0.3) is 5.91 Å². The Labute approximate surface area is 109 Å². The van der Waals surface area contributed by atoms with Crippen LogP contribution in [0.3, 0.4) is 0 Å². The van der Waals surface area contributed by atoms with Gasteiger partial charge in [-0.2, -0.15) is 0 Å². The van der Waals surface area contributed by atoms with Gasteiger partial charge in [0.05, 0.1) is 23.1 Å². The zero-order valence-electron chi connectivity index (χ0n) is 10.2. The van der Waals surface area contributed by atoms with Crippen LogP contribution in [0.1, 0.15) is 6.42 Å². The minimum atomic E-state index is -0.194. The van der Waals surface area contributed by atoms with Crippen molar-refractivity contribution in [3.05, 3.63) is 12.1 Å². The van der Waals surface area contributed by atoms with Crippen molar-refractivity contribution < 1.29 is 14.3 Å². The van der Waals surface area contributed by atoms with E-state index in [1.807, 2.05) is 0 Å². The molecule has 1 saturated heterocycles. The third-order valence-corrected chi connectivity index (χ3v) is 3.12. The Balaban J connectivity index is 1.83. The average molecular weight is 262 g/mol. The molecule has 5 N–H and O–H groups in total. The molecular formula is C12H14N4O3. The van der Waals surface area contributed by atoms with Crippen LogP contribution in [0, 0.1) is 0 Å². The Morgan fingerprint density at radius 1 is 1.32 bits per heavy atom. The molecule has 0 radical (unpaired) electrons. The predicted octanol–water partition coefficient (Wildman–Crippen LogP) is -0.0999. The number of carbonyl (C=O) groups is 2. The molecule has 3 rings (SSSR count). The predicted molar refractivity (Wildman–Crippen MR) is 70.0 cm³/mol. The van der Waals surface area contributed by atoms with Gasteiger partial charge in [-0.25, -0.2) is 0 Å². The van der Waals surface area contributed by atoms with Crippen LogP contribution >= 0.6 is 0 Å². The number of hydrogen-bond donors (Lipinski definition) is 4. The van der Waals surface area contributed by atoms with Crippen molar-refractivity contribution in [3.63, 3.8) is 0 Å².